The summed E-state index contributed by atoms with van der Waals surface area (Å²) in [6.45, 7) is 7.09. The van der Waals surface area contributed by atoms with Gasteiger partial charge in [-0.2, -0.15) is 0 Å². The van der Waals surface area contributed by atoms with E-state index >= 15 is 0 Å². The number of hydrogen-bond donors (Lipinski definition) is 0. The molecule has 0 spiro atoms. The largest absolute Gasteiger partial charge is 0.299 e. The molecule has 0 bridgehead atoms. The topological polar surface area (TPSA) is 34.1 Å². The highest BCUT2D eigenvalue weighted by Crippen LogP contribution is 2.16. The molecule has 2 nitrogen and oxygen atoms in total. The molecule has 0 fully saturated rings. The Bertz CT molecular complexity index is 206. The highest BCUT2D eigenvalue weighted by Gasteiger charge is 2.18. The van der Waals surface area contributed by atoms with Crippen molar-refractivity contribution in [3.63, 3.8) is 0 Å². The summed E-state index contributed by atoms with van der Waals surface area (Å²) in [5.41, 5.74) is -0.304. The Labute approximate surface area is 73.7 Å². The predicted molar refractivity (Wildman–Crippen MR) is 48.9 cm³/mol. The number of rotatable bonds is 3. The number of Topliss-reactive ketones (excluding diaryl/α,β-unsaturated/α-hetero) is 1. The first kappa shape index (κ1) is 11.1. The molecule has 0 atom stereocenters. The Morgan fingerprint density at radius 1 is 1.25 bits per heavy atom. The first-order chi connectivity index (χ1) is 5.34. The Balaban J connectivity index is 3.96. The van der Waals surface area contributed by atoms with Gasteiger partial charge in [0.15, 0.2) is 5.78 Å². The average molecular weight is 168 g/mol. The van der Waals surface area contributed by atoms with E-state index in [1.54, 1.807) is 6.08 Å². The normalized spacial score (nSPS) is 12.0. The second kappa shape index (κ2) is 4.19. The van der Waals surface area contributed by atoms with Gasteiger partial charge in [-0.3, -0.25) is 9.59 Å². The highest BCUT2D eigenvalue weighted by molar-refractivity contribution is 5.89. The van der Waals surface area contributed by atoms with Gasteiger partial charge in [-0.1, -0.05) is 26.8 Å². The maximum Gasteiger partial charge on any atom is 0.152 e. The lowest BCUT2D eigenvalue weighted by Gasteiger charge is -2.14. The van der Waals surface area contributed by atoms with Crippen LogP contribution >= 0.6 is 0 Å². The Hall–Kier alpha value is -0.920. The van der Waals surface area contributed by atoms with E-state index in [1.807, 2.05) is 20.8 Å². The van der Waals surface area contributed by atoms with Gasteiger partial charge in [0.2, 0.25) is 0 Å². The van der Waals surface area contributed by atoms with Crippen LogP contribution < -0.4 is 0 Å². The van der Waals surface area contributed by atoms with Gasteiger partial charge in [0.05, 0.1) is 0 Å². The first-order valence-corrected chi connectivity index (χ1v) is 4.04. The van der Waals surface area contributed by atoms with Crippen LogP contribution in [0.3, 0.4) is 0 Å². The molecule has 0 aliphatic rings. The summed E-state index contributed by atoms with van der Waals surface area (Å²) in [7, 11) is 0. The van der Waals surface area contributed by atoms with Crippen LogP contribution in [0.1, 0.15) is 34.1 Å². The fourth-order valence-corrected chi connectivity index (χ4v) is 0.638. The van der Waals surface area contributed by atoms with Crippen LogP contribution in [0.15, 0.2) is 12.2 Å². The number of hydrogen-bond acceptors (Lipinski definition) is 2. The van der Waals surface area contributed by atoms with E-state index in [1.165, 1.54) is 13.0 Å². The molecule has 0 heterocycles. The lowest BCUT2D eigenvalue weighted by atomic mass is 9.89. The molecule has 0 radical (unpaired) electrons. The zero-order chi connectivity index (χ0) is 9.78. The van der Waals surface area contributed by atoms with Gasteiger partial charge in [0, 0.05) is 11.8 Å². The lowest BCUT2D eigenvalue weighted by molar-refractivity contribution is -0.125. The molecule has 0 aromatic carbocycles. The molecule has 0 aromatic rings. The second-order valence-corrected chi connectivity index (χ2v) is 3.89. The SMILES string of the molecule is CC(=O)/C=C/CC(=O)C(C)(C)C. The summed E-state index contributed by atoms with van der Waals surface area (Å²) in [5.74, 6) is 0.136. The van der Waals surface area contributed by atoms with Crippen molar-refractivity contribution in [2.75, 3.05) is 0 Å². The predicted octanol–water partition coefficient (Wildman–Crippen LogP) is 2.14. The van der Waals surface area contributed by atoms with Crippen molar-refractivity contribution in [3.05, 3.63) is 12.2 Å². The molecular weight excluding hydrogens is 152 g/mol. The van der Waals surface area contributed by atoms with Crippen LogP contribution in [0.5, 0.6) is 0 Å². The highest BCUT2D eigenvalue weighted by atomic mass is 16.1. The maximum atomic E-state index is 11.3. The number of allylic oxidation sites excluding steroid dienone is 2. The molecule has 0 aromatic heterocycles. The van der Waals surface area contributed by atoms with E-state index in [4.69, 9.17) is 0 Å². The molecule has 0 saturated carbocycles. The van der Waals surface area contributed by atoms with Crippen LogP contribution in [0, 0.1) is 5.41 Å². The molecule has 0 aliphatic carbocycles. The van der Waals surface area contributed by atoms with Gasteiger partial charge in [-0.15, -0.1) is 0 Å². The molecule has 12 heavy (non-hydrogen) atoms. The molecule has 0 rings (SSSR count). The molecule has 0 N–H and O–H groups in total. The van der Waals surface area contributed by atoms with E-state index in [0.717, 1.165) is 0 Å². The van der Waals surface area contributed by atoms with Crippen molar-refractivity contribution in [3.8, 4) is 0 Å². The summed E-state index contributed by atoms with van der Waals surface area (Å²) in [4.78, 5) is 21.8. The quantitative estimate of drug-likeness (QED) is 0.605. The third-order valence-electron chi connectivity index (χ3n) is 1.49. The van der Waals surface area contributed by atoms with Gasteiger partial charge >= 0.3 is 0 Å². The van der Waals surface area contributed by atoms with Crippen LogP contribution in [-0.2, 0) is 9.59 Å². The Morgan fingerprint density at radius 3 is 2.08 bits per heavy atom. The van der Waals surface area contributed by atoms with Crippen molar-refractivity contribution < 1.29 is 9.59 Å². The first-order valence-electron chi connectivity index (χ1n) is 4.04. The molecular formula is C10H16O2. The van der Waals surface area contributed by atoms with Gasteiger partial charge < -0.3 is 0 Å². The van der Waals surface area contributed by atoms with Crippen LogP contribution in [0.2, 0.25) is 0 Å². The molecule has 68 valence electrons. The molecule has 0 unspecified atom stereocenters. The van der Waals surface area contributed by atoms with Crippen LogP contribution in [-0.4, -0.2) is 11.6 Å². The van der Waals surface area contributed by atoms with Crippen molar-refractivity contribution in [1.82, 2.24) is 0 Å². The van der Waals surface area contributed by atoms with E-state index in [-0.39, 0.29) is 17.0 Å². The summed E-state index contributed by atoms with van der Waals surface area (Å²) in [6, 6.07) is 0. The minimum Gasteiger partial charge on any atom is -0.299 e. The molecule has 0 saturated heterocycles. The number of carbonyl (C=O) groups excluding carboxylic acids is 2. The fraction of sp³-hybridized carbons (Fsp3) is 0.600. The fourth-order valence-electron chi connectivity index (χ4n) is 0.638. The maximum absolute atomic E-state index is 11.3. The monoisotopic (exact) mass is 168 g/mol. The Morgan fingerprint density at radius 2 is 1.75 bits per heavy atom. The summed E-state index contributed by atoms with van der Waals surface area (Å²) in [5, 5.41) is 0. The van der Waals surface area contributed by atoms with E-state index in [2.05, 4.69) is 0 Å². The second-order valence-electron chi connectivity index (χ2n) is 3.89. The number of ketones is 2. The van der Waals surface area contributed by atoms with E-state index < -0.39 is 0 Å². The summed E-state index contributed by atoms with van der Waals surface area (Å²) >= 11 is 0. The standard InChI is InChI=1S/C10H16O2/c1-8(11)6-5-7-9(12)10(2,3)4/h5-6H,7H2,1-4H3/b6-5+. The summed E-state index contributed by atoms with van der Waals surface area (Å²) < 4.78 is 0. The van der Waals surface area contributed by atoms with Gasteiger partial charge in [0.1, 0.15) is 5.78 Å². The van der Waals surface area contributed by atoms with E-state index in [9.17, 15) is 9.59 Å². The minimum atomic E-state index is -0.304. The smallest absolute Gasteiger partial charge is 0.152 e. The third-order valence-corrected chi connectivity index (χ3v) is 1.49. The van der Waals surface area contributed by atoms with Crippen molar-refractivity contribution in [2.45, 2.75) is 34.1 Å². The Kier molecular flexibility index (Phi) is 3.87. The van der Waals surface area contributed by atoms with Crippen LogP contribution in [0.4, 0.5) is 0 Å². The number of carbonyl (C=O) groups is 2. The summed E-state index contributed by atoms with van der Waals surface area (Å²) in [6.07, 6.45) is 3.41. The van der Waals surface area contributed by atoms with Crippen molar-refractivity contribution in [2.24, 2.45) is 5.41 Å². The molecule has 0 aliphatic heterocycles. The van der Waals surface area contributed by atoms with Gasteiger partial charge in [0.25, 0.3) is 0 Å². The minimum absolute atomic E-state index is 0.0169. The van der Waals surface area contributed by atoms with E-state index in [0.29, 0.717) is 6.42 Å². The van der Waals surface area contributed by atoms with Crippen molar-refractivity contribution in [1.29, 1.82) is 0 Å². The zero-order valence-electron chi connectivity index (χ0n) is 8.18. The molecule has 2 heteroatoms. The van der Waals surface area contributed by atoms with Crippen LogP contribution in [0.25, 0.3) is 0 Å². The van der Waals surface area contributed by atoms with Crippen molar-refractivity contribution >= 4 is 11.6 Å². The van der Waals surface area contributed by atoms with Gasteiger partial charge in [-0.05, 0) is 13.0 Å². The molecule has 0 amide bonds. The lowest BCUT2D eigenvalue weighted by Crippen LogP contribution is -2.18. The van der Waals surface area contributed by atoms with Gasteiger partial charge in [-0.25, -0.2) is 0 Å². The average Bonchev–Trinajstić information content (AvgIpc) is 1.84. The third kappa shape index (κ3) is 4.83. The zero-order valence-corrected chi connectivity index (χ0v) is 8.18.